The number of fused-ring (bicyclic) bond motifs is 1. The number of rotatable bonds is 5. The smallest absolute Gasteiger partial charge is 0.255 e. The molecular weight excluding hydrogens is 290 g/mol. The first-order valence-corrected chi connectivity index (χ1v) is 8.71. The van der Waals surface area contributed by atoms with Crippen LogP contribution in [0, 0.1) is 17.3 Å². The first-order valence-electron chi connectivity index (χ1n) is 8.71. The van der Waals surface area contributed by atoms with Crippen molar-refractivity contribution in [2.24, 2.45) is 17.3 Å². The van der Waals surface area contributed by atoms with Crippen LogP contribution in [0.25, 0.3) is 0 Å². The minimum Gasteiger partial charge on any atom is -0.492 e. The first-order chi connectivity index (χ1) is 11.1. The van der Waals surface area contributed by atoms with E-state index >= 15 is 0 Å². The fraction of sp³-hybridized carbons (Fsp3) is 0.632. The Morgan fingerprint density at radius 3 is 2.87 bits per heavy atom. The molecule has 1 saturated heterocycles. The number of para-hydroxylation sites is 1. The quantitative estimate of drug-likeness (QED) is 0.908. The Bertz CT molecular complexity index is 608. The number of ether oxygens (including phenoxy) is 2. The van der Waals surface area contributed by atoms with Crippen LogP contribution in [0.15, 0.2) is 24.3 Å². The lowest BCUT2D eigenvalue weighted by Gasteiger charge is -2.54. The monoisotopic (exact) mass is 315 g/mol. The molecule has 1 amide bonds. The van der Waals surface area contributed by atoms with E-state index in [4.69, 9.17) is 9.47 Å². The van der Waals surface area contributed by atoms with Crippen LogP contribution in [-0.2, 0) is 4.74 Å². The fourth-order valence-corrected chi connectivity index (χ4v) is 4.11. The number of carbonyl (C=O) groups is 1. The van der Waals surface area contributed by atoms with Crippen LogP contribution in [-0.4, -0.2) is 31.3 Å². The molecule has 0 bridgehead atoms. The van der Waals surface area contributed by atoms with Crippen LogP contribution in [0.1, 0.15) is 43.5 Å². The zero-order valence-corrected chi connectivity index (χ0v) is 13.9. The lowest BCUT2D eigenvalue weighted by Crippen LogP contribution is -2.66. The van der Waals surface area contributed by atoms with Gasteiger partial charge in [-0.15, -0.1) is 0 Å². The van der Waals surface area contributed by atoms with Crippen molar-refractivity contribution in [3.8, 4) is 5.75 Å². The summed E-state index contributed by atoms with van der Waals surface area (Å²) in [4.78, 5) is 12.8. The van der Waals surface area contributed by atoms with Crippen molar-refractivity contribution in [3.05, 3.63) is 29.8 Å². The van der Waals surface area contributed by atoms with E-state index in [1.165, 1.54) is 12.8 Å². The van der Waals surface area contributed by atoms with Crippen LogP contribution in [0.4, 0.5) is 0 Å². The molecule has 1 N–H and O–H groups in total. The number of hydrogen-bond donors (Lipinski definition) is 1. The van der Waals surface area contributed by atoms with Gasteiger partial charge in [-0.2, -0.15) is 0 Å². The summed E-state index contributed by atoms with van der Waals surface area (Å²) in [6.45, 7) is 5.89. The van der Waals surface area contributed by atoms with Crippen molar-refractivity contribution in [3.63, 3.8) is 0 Å². The summed E-state index contributed by atoms with van der Waals surface area (Å²) in [5, 5.41) is 3.24. The van der Waals surface area contributed by atoms with Crippen molar-refractivity contribution >= 4 is 5.91 Å². The van der Waals surface area contributed by atoms with Crippen molar-refractivity contribution in [1.29, 1.82) is 0 Å². The Labute approximate surface area is 137 Å². The highest BCUT2D eigenvalue weighted by atomic mass is 16.5. The Hall–Kier alpha value is -1.55. The van der Waals surface area contributed by atoms with Gasteiger partial charge >= 0.3 is 0 Å². The highest BCUT2D eigenvalue weighted by Gasteiger charge is 2.59. The molecule has 1 aliphatic heterocycles. The molecule has 1 aromatic carbocycles. The number of hydrogen-bond acceptors (Lipinski definition) is 3. The third-order valence-electron chi connectivity index (χ3n) is 5.69. The normalized spacial score (nSPS) is 31.1. The highest BCUT2D eigenvalue weighted by Crippen LogP contribution is 2.52. The largest absolute Gasteiger partial charge is 0.492 e. The van der Waals surface area contributed by atoms with Crippen LogP contribution in [0.5, 0.6) is 5.75 Å². The molecular formula is C19H25NO3. The zero-order chi connectivity index (χ0) is 16.0. The molecule has 2 saturated carbocycles. The molecule has 0 radical (unpaired) electrons. The average Bonchev–Trinajstić information content (AvgIpc) is 3.26. The Kier molecular flexibility index (Phi) is 3.60. The Morgan fingerprint density at radius 2 is 2.09 bits per heavy atom. The van der Waals surface area contributed by atoms with Gasteiger partial charge in [0, 0.05) is 24.0 Å². The topological polar surface area (TPSA) is 47.6 Å². The van der Waals surface area contributed by atoms with E-state index in [0.717, 1.165) is 19.6 Å². The Balaban J connectivity index is 1.46. The second kappa shape index (κ2) is 5.52. The van der Waals surface area contributed by atoms with Gasteiger partial charge in [0.05, 0.1) is 18.3 Å². The number of amides is 1. The average molecular weight is 315 g/mol. The second-order valence-corrected chi connectivity index (χ2v) is 7.77. The van der Waals surface area contributed by atoms with E-state index in [9.17, 15) is 4.79 Å². The number of benzene rings is 1. The molecule has 3 fully saturated rings. The summed E-state index contributed by atoms with van der Waals surface area (Å²) in [6.07, 6.45) is 3.81. The van der Waals surface area contributed by atoms with Crippen molar-refractivity contribution in [1.82, 2.24) is 5.32 Å². The van der Waals surface area contributed by atoms with Gasteiger partial charge in [0.2, 0.25) is 0 Å². The maximum Gasteiger partial charge on any atom is 0.255 e. The minimum atomic E-state index is -0.0279. The van der Waals surface area contributed by atoms with E-state index in [2.05, 4.69) is 19.2 Å². The highest BCUT2D eigenvalue weighted by molar-refractivity contribution is 5.97. The molecule has 23 heavy (non-hydrogen) atoms. The molecule has 4 nitrogen and oxygen atoms in total. The summed E-state index contributed by atoms with van der Waals surface area (Å²) >= 11 is 0. The maximum absolute atomic E-state index is 12.8. The molecule has 3 atom stereocenters. The van der Waals surface area contributed by atoms with Crippen molar-refractivity contribution in [2.45, 2.75) is 45.3 Å². The van der Waals surface area contributed by atoms with Crippen LogP contribution < -0.4 is 10.1 Å². The zero-order valence-electron chi connectivity index (χ0n) is 13.9. The van der Waals surface area contributed by atoms with Gasteiger partial charge < -0.3 is 14.8 Å². The van der Waals surface area contributed by atoms with Gasteiger partial charge in [-0.05, 0) is 37.3 Å². The maximum atomic E-state index is 12.8. The van der Waals surface area contributed by atoms with Gasteiger partial charge in [0.15, 0.2) is 0 Å². The van der Waals surface area contributed by atoms with Gasteiger partial charge in [-0.3, -0.25) is 4.79 Å². The molecule has 4 rings (SSSR count). The van der Waals surface area contributed by atoms with Crippen LogP contribution in [0.2, 0.25) is 0 Å². The molecule has 3 aliphatic rings. The third-order valence-corrected chi connectivity index (χ3v) is 5.69. The molecule has 0 unspecified atom stereocenters. The molecule has 0 spiro atoms. The first kappa shape index (κ1) is 15.0. The lowest BCUT2D eigenvalue weighted by atomic mass is 9.57. The molecule has 124 valence electrons. The minimum absolute atomic E-state index is 0.000635. The van der Waals surface area contributed by atoms with E-state index in [1.807, 2.05) is 24.3 Å². The third kappa shape index (κ3) is 2.63. The molecule has 1 heterocycles. The molecule has 0 aromatic heterocycles. The predicted molar refractivity (Wildman–Crippen MR) is 87.5 cm³/mol. The van der Waals surface area contributed by atoms with E-state index in [1.54, 1.807) is 0 Å². The Morgan fingerprint density at radius 1 is 1.30 bits per heavy atom. The molecule has 1 aromatic rings. The van der Waals surface area contributed by atoms with E-state index < -0.39 is 0 Å². The van der Waals surface area contributed by atoms with Gasteiger partial charge in [-0.25, -0.2) is 0 Å². The van der Waals surface area contributed by atoms with Crippen molar-refractivity contribution in [2.75, 3.05) is 13.2 Å². The standard InChI is InChI=1S/C19H25NO3/c1-19(2)16(14-9-10-22-17(14)19)20-18(21)13-5-3-4-6-15(13)23-11-12-7-8-12/h3-6,12,14,16-17H,7-11H2,1-2H3,(H,20,21)/t14-,16+,17-/m0/s1. The summed E-state index contributed by atoms with van der Waals surface area (Å²) in [5.41, 5.74) is 0.645. The van der Waals surface area contributed by atoms with Gasteiger partial charge in [-0.1, -0.05) is 26.0 Å². The summed E-state index contributed by atoms with van der Waals surface area (Å²) in [5.74, 6) is 1.80. The van der Waals surface area contributed by atoms with Crippen molar-refractivity contribution < 1.29 is 14.3 Å². The van der Waals surface area contributed by atoms with Gasteiger partial charge in [0.25, 0.3) is 5.91 Å². The van der Waals surface area contributed by atoms with Gasteiger partial charge in [0.1, 0.15) is 5.75 Å². The molecule has 4 heteroatoms. The number of nitrogens with one attached hydrogen (secondary N) is 1. The van der Waals surface area contributed by atoms with Crippen LogP contribution in [0.3, 0.4) is 0 Å². The molecule has 2 aliphatic carbocycles. The SMILES string of the molecule is CC1(C)[C@H](NC(=O)c2ccccc2OCC2CC2)[C@@H]2CCO[C@@H]21. The fourth-order valence-electron chi connectivity index (χ4n) is 4.11. The lowest BCUT2D eigenvalue weighted by molar-refractivity contribution is -0.108. The second-order valence-electron chi connectivity index (χ2n) is 7.77. The summed E-state index contributed by atoms with van der Waals surface area (Å²) in [7, 11) is 0. The van der Waals surface area contributed by atoms with E-state index in [0.29, 0.717) is 23.1 Å². The summed E-state index contributed by atoms with van der Waals surface area (Å²) < 4.78 is 11.7. The van der Waals surface area contributed by atoms with Crippen LogP contribution >= 0.6 is 0 Å². The number of carbonyl (C=O) groups excluding carboxylic acids is 1. The predicted octanol–water partition coefficient (Wildman–Crippen LogP) is 3.02. The van der Waals surface area contributed by atoms with E-state index in [-0.39, 0.29) is 23.5 Å². The summed E-state index contributed by atoms with van der Waals surface area (Å²) in [6, 6.07) is 7.75.